The van der Waals surface area contributed by atoms with Gasteiger partial charge in [-0.3, -0.25) is 9.59 Å². The van der Waals surface area contributed by atoms with E-state index in [-0.39, 0.29) is 19.4 Å². The molecule has 9 nitrogen and oxygen atoms in total. The fourth-order valence-corrected chi connectivity index (χ4v) is 5.83. The molecule has 248 valence electrons. The number of benzene rings is 4. The maximum Gasteiger partial charge on any atom is 0.306 e. The van der Waals surface area contributed by atoms with E-state index in [1.54, 1.807) is 14.2 Å². The van der Waals surface area contributed by atoms with Crippen molar-refractivity contribution < 1.29 is 34.4 Å². The van der Waals surface area contributed by atoms with E-state index in [1.165, 1.54) is 0 Å². The second-order valence-corrected chi connectivity index (χ2v) is 11.6. The van der Waals surface area contributed by atoms with Crippen LogP contribution in [-0.2, 0) is 22.7 Å². The minimum atomic E-state index is -1.04. The van der Waals surface area contributed by atoms with Gasteiger partial charge in [-0.2, -0.15) is 0 Å². The number of aliphatic hydroxyl groups is 1. The molecule has 0 saturated carbocycles. The lowest BCUT2D eigenvalue weighted by Gasteiger charge is -2.18. The smallest absolute Gasteiger partial charge is 0.306 e. The van der Waals surface area contributed by atoms with Gasteiger partial charge in [-0.25, -0.2) is 0 Å². The van der Waals surface area contributed by atoms with Gasteiger partial charge >= 0.3 is 11.9 Å². The minimum absolute atomic E-state index is 0.143. The Morgan fingerprint density at radius 3 is 1.66 bits per heavy atom. The van der Waals surface area contributed by atoms with Gasteiger partial charge in [0.15, 0.2) is 0 Å². The second kappa shape index (κ2) is 16.7. The number of hydrogen-bond acceptors (Lipinski definition) is 7. The summed E-state index contributed by atoms with van der Waals surface area (Å²) in [5.74, 6) is -0.339. The Morgan fingerprint density at radius 2 is 1.19 bits per heavy atom. The maximum absolute atomic E-state index is 10.8. The summed E-state index contributed by atoms with van der Waals surface area (Å²) in [6.45, 7) is 6.07. The number of aliphatic hydroxyl groups excluding tert-OH is 1. The molecule has 0 radical (unpaired) electrons. The number of aliphatic carboxylic acids is 2. The molecule has 0 fully saturated rings. The molecular weight excluding hydrogens is 596 g/mol. The maximum atomic E-state index is 10.8. The summed E-state index contributed by atoms with van der Waals surface area (Å²) in [5.41, 5.74) is 10.7. The summed E-state index contributed by atoms with van der Waals surface area (Å²) in [7, 11) is 3.29. The van der Waals surface area contributed by atoms with Crippen molar-refractivity contribution >= 4 is 11.9 Å². The Hall–Kier alpha value is -4.70. The first-order chi connectivity index (χ1) is 22.6. The third kappa shape index (κ3) is 9.19. The van der Waals surface area contributed by atoms with Crippen LogP contribution in [0.2, 0.25) is 0 Å². The van der Waals surface area contributed by atoms with Gasteiger partial charge in [0.05, 0.1) is 26.7 Å². The lowest BCUT2D eigenvalue weighted by atomic mass is 9.87. The molecule has 1 atom stereocenters. The molecule has 47 heavy (non-hydrogen) atoms. The van der Waals surface area contributed by atoms with Crippen LogP contribution in [-0.4, -0.2) is 60.7 Å². The van der Waals surface area contributed by atoms with E-state index in [0.717, 1.165) is 61.4 Å². The lowest BCUT2D eigenvalue weighted by Crippen LogP contribution is -2.28. The minimum Gasteiger partial charge on any atom is -0.496 e. The average Bonchev–Trinajstić information content (AvgIpc) is 3.05. The van der Waals surface area contributed by atoms with Crippen LogP contribution in [0.4, 0.5) is 0 Å². The first-order valence-electron chi connectivity index (χ1n) is 15.7. The molecule has 4 aromatic rings. The van der Waals surface area contributed by atoms with Crippen molar-refractivity contribution in [2.75, 3.05) is 27.3 Å². The summed E-state index contributed by atoms with van der Waals surface area (Å²) in [6.07, 6.45) is -0.554. The molecule has 9 heteroatoms. The highest BCUT2D eigenvalue weighted by molar-refractivity contribution is 5.84. The van der Waals surface area contributed by atoms with E-state index in [4.69, 9.17) is 19.7 Å². The summed E-state index contributed by atoms with van der Waals surface area (Å²) >= 11 is 0. The van der Waals surface area contributed by atoms with Crippen molar-refractivity contribution in [2.24, 2.45) is 0 Å². The highest BCUT2D eigenvalue weighted by atomic mass is 16.5. The summed E-state index contributed by atoms with van der Waals surface area (Å²) in [4.78, 5) is 21.6. The van der Waals surface area contributed by atoms with Crippen molar-refractivity contribution in [3.8, 4) is 44.9 Å². The van der Waals surface area contributed by atoms with Gasteiger partial charge in [0.2, 0.25) is 0 Å². The average molecular weight is 641 g/mol. The Bertz CT molecular complexity index is 1700. The molecule has 0 amide bonds. The fourth-order valence-electron chi connectivity index (χ4n) is 5.83. The molecule has 4 rings (SSSR count). The fraction of sp³-hybridized carbons (Fsp3) is 0.316. The van der Waals surface area contributed by atoms with E-state index in [2.05, 4.69) is 85.1 Å². The normalized spacial score (nSPS) is 11.7. The number of nitrogens with one attached hydrogen (secondary N) is 2. The lowest BCUT2D eigenvalue weighted by molar-refractivity contribution is -0.139. The van der Waals surface area contributed by atoms with Gasteiger partial charge in [0, 0.05) is 37.2 Å². The van der Waals surface area contributed by atoms with E-state index >= 15 is 0 Å². The predicted octanol–water partition coefficient (Wildman–Crippen LogP) is 6.20. The molecule has 0 aliphatic heterocycles. The number of carbonyl (C=O) groups is 2. The number of carboxylic acids is 2. The van der Waals surface area contributed by atoms with Gasteiger partial charge in [-0.1, -0.05) is 60.7 Å². The molecule has 0 heterocycles. The number of methoxy groups -OCH3 is 2. The van der Waals surface area contributed by atoms with E-state index < -0.39 is 18.0 Å². The van der Waals surface area contributed by atoms with Crippen LogP contribution in [0.3, 0.4) is 0 Å². The van der Waals surface area contributed by atoms with Crippen LogP contribution in [0.5, 0.6) is 11.5 Å². The van der Waals surface area contributed by atoms with Gasteiger partial charge in [0.1, 0.15) is 11.5 Å². The van der Waals surface area contributed by atoms with Gasteiger partial charge in [-0.05, 0) is 83.5 Å². The standard InChI is InChI=1S/C38H44N2O7/c1-24-31(26-13-15-28(35(18-26)46-3)21-39-17-7-12-37(42)43)8-5-10-33(24)34-11-6-9-32(25(34)2)27-14-16-29(36(19-27)47-4)22-40-23-30(41)20-38(44)45/h5-6,8-11,13-16,18-19,30,39-41H,7,12,17,20-23H2,1-4H3,(H,42,43)(H,44,45)/t30-/m0/s1. The monoisotopic (exact) mass is 640 g/mol. The Balaban J connectivity index is 1.57. The first-order valence-corrected chi connectivity index (χ1v) is 15.7. The van der Waals surface area contributed by atoms with Crippen LogP contribution < -0.4 is 20.1 Å². The molecule has 0 bridgehead atoms. The molecule has 0 aliphatic rings. The van der Waals surface area contributed by atoms with E-state index in [0.29, 0.717) is 31.8 Å². The van der Waals surface area contributed by atoms with Crippen LogP contribution in [0.25, 0.3) is 33.4 Å². The number of carboxylic acid groups (broad SMARTS) is 2. The highest BCUT2D eigenvalue weighted by Crippen LogP contribution is 2.38. The van der Waals surface area contributed by atoms with Gasteiger partial charge in [0.25, 0.3) is 0 Å². The molecule has 0 spiro atoms. The third-order valence-electron chi connectivity index (χ3n) is 8.32. The van der Waals surface area contributed by atoms with Gasteiger partial charge < -0.3 is 35.4 Å². The zero-order valence-electron chi connectivity index (χ0n) is 27.4. The predicted molar refractivity (Wildman–Crippen MR) is 184 cm³/mol. The van der Waals surface area contributed by atoms with Gasteiger partial charge in [-0.15, -0.1) is 0 Å². The Morgan fingerprint density at radius 1 is 0.702 bits per heavy atom. The summed E-state index contributed by atoms with van der Waals surface area (Å²) in [6, 6.07) is 24.9. The molecule has 0 aliphatic carbocycles. The zero-order chi connectivity index (χ0) is 33.9. The van der Waals surface area contributed by atoms with Crippen molar-refractivity contribution in [3.05, 3.63) is 95.1 Å². The van der Waals surface area contributed by atoms with E-state index in [9.17, 15) is 14.7 Å². The first kappa shape index (κ1) is 35.2. The van der Waals surface area contributed by atoms with Crippen molar-refractivity contribution in [1.29, 1.82) is 0 Å². The Labute approximate surface area is 276 Å². The molecular formula is C38H44N2O7. The third-order valence-corrected chi connectivity index (χ3v) is 8.32. The van der Waals surface area contributed by atoms with Crippen LogP contribution in [0.15, 0.2) is 72.8 Å². The molecule has 0 saturated heterocycles. The Kier molecular flexibility index (Phi) is 12.5. The zero-order valence-corrected chi connectivity index (χ0v) is 27.4. The van der Waals surface area contributed by atoms with Crippen molar-refractivity contribution in [3.63, 3.8) is 0 Å². The second-order valence-electron chi connectivity index (χ2n) is 11.6. The quantitative estimate of drug-likeness (QED) is 0.0854. The van der Waals surface area contributed by atoms with Crippen molar-refractivity contribution in [2.45, 2.75) is 52.3 Å². The molecule has 5 N–H and O–H groups in total. The van der Waals surface area contributed by atoms with Crippen LogP contribution in [0, 0.1) is 13.8 Å². The van der Waals surface area contributed by atoms with Crippen LogP contribution >= 0.6 is 0 Å². The highest BCUT2D eigenvalue weighted by Gasteiger charge is 2.16. The number of ether oxygens (including phenoxy) is 2. The summed E-state index contributed by atoms with van der Waals surface area (Å²) in [5, 5.41) is 34.0. The summed E-state index contributed by atoms with van der Waals surface area (Å²) < 4.78 is 11.4. The number of rotatable bonds is 17. The van der Waals surface area contributed by atoms with Crippen molar-refractivity contribution in [1.82, 2.24) is 10.6 Å². The SMILES string of the molecule is COc1cc(-c2cccc(-c3cccc(-c4ccc(CNC[C@@H](O)CC(=O)O)c(OC)c4)c3C)c2C)ccc1CNCCCC(=O)O. The van der Waals surface area contributed by atoms with E-state index in [1.807, 2.05) is 12.1 Å². The van der Waals surface area contributed by atoms with Crippen LogP contribution in [0.1, 0.15) is 41.5 Å². The number of hydrogen-bond donors (Lipinski definition) is 5. The topological polar surface area (TPSA) is 137 Å². The molecule has 0 aromatic heterocycles. The molecule has 0 unspecified atom stereocenters. The largest absolute Gasteiger partial charge is 0.496 e. The molecule has 4 aromatic carbocycles.